The van der Waals surface area contributed by atoms with Crippen molar-refractivity contribution in [2.75, 3.05) is 19.6 Å². The molecule has 1 unspecified atom stereocenters. The summed E-state index contributed by atoms with van der Waals surface area (Å²) in [6, 6.07) is 17.9. The maximum Gasteiger partial charge on any atom is 0.251 e. The van der Waals surface area contributed by atoms with Gasteiger partial charge in [0.1, 0.15) is 6.33 Å². The van der Waals surface area contributed by atoms with Crippen LogP contribution in [0.3, 0.4) is 0 Å². The van der Waals surface area contributed by atoms with Crippen molar-refractivity contribution < 1.29 is 4.79 Å². The number of likely N-dealkylation sites (tertiary alicyclic amines) is 1. The van der Waals surface area contributed by atoms with Gasteiger partial charge in [-0.2, -0.15) is 0 Å². The second kappa shape index (κ2) is 8.09. The molecule has 1 saturated heterocycles. The number of nitrogens with one attached hydrogen (secondary N) is 1. The average Bonchev–Trinajstić information content (AvgIpc) is 3.43. The molecule has 0 bridgehead atoms. The van der Waals surface area contributed by atoms with Crippen LogP contribution in [-0.4, -0.2) is 50.6 Å². The summed E-state index contributed by atoms with van der Waals surface area (Å²) in [5.74, 6) is -0.0925. The van der Waals surface area contributed by atoms with E-state index in [9.17, 15) is 4.79 Å². The largest absolute Gasteiger partial charge is 0.350 e. The Bertz CT molecular complexity index is 875. The van der Waals surface area contributed by atoms with E-state index < -0.39 is 0 Å². The Hall–Kier alpha value is -3.06. The fraction of sp³-hybridized carbons (Fsp3) is 0.300. The van der Waals surface area contributed by atoms with Crippen LogP contribution in [-0.2, 0) is 0 Å². The summed E-state index contributed by atoms with van der Waals surface area (Å²) in [6.07, 6.45) is 3.94. The summed E-state index contributed by atoms with van der Waals surface area (Å²) in [4.78, 5) is 15.2. The number of carbonyl (C=O) groups is 1. The number of rotatable bonds is 6. The molecular formula is C20H22N6O. The first kappa shape index (κ1) is 17.4. The van der Waals surface area contributed by atoms with Crippen molar-refractivity contribution in [2.45, 2.75) is 18.9 Å². The van der Waals surface area contributed by atoms with Gasteiger partial charge in [-0.3, -0.25) is 9.69 Å². The number of hydrogen-bond donors (Lipinski definition) is 1. The van der Waals surface area contributed by atoms with Crippen molar-refractivity contribution in [3.05, 3.63) is 72.1 Å². The first-order valence-electron chi connectivity index (χ1n) is 9.22. The minimum Gasteiger partial charge on any atom is -0.350 e. The summed E-state index contributed by atoms with van der Waals surface area (Å²) in [7, 11) is 0. The highest BCUT2D eigenvalue weighted by Crippen LogP contribution is 2.24. The Balaban J connectivity index is 1.47. The fourth-order valence-corrected chi connectivity index (χ4v) is 3.55. The zero-order valence-corrected chi connectivity index (χ0v) is 15.0. The molecule has 2 heterocycles. The molecule has 4 rings (SSSR count). The van der Waals surface area contributed by atoms with Crippen molar-refractivity contribution in [1.82, 2.24) is 30.4 Å². The first-order chi connectivity index (χ1) is 13.3. The normalized spacial score (nSPS) is 15.6. The van der Waals surface area contributed by atoms with Gasteiger partial charge >= 0.3 is 0 Å². The van der Waals surface area contributed by atoms with Crippen molar-refractivity contribution in [1.29, 1.82) is 0 Å². The van der Waals surface area contributed by atoms with Crippen LogP contribution in [0.1, 0.15) is 34.8 Å². The van der Waals surface area contributed by atoms with Gasteiger partial charge < -0.3 is 5.32 Å². The van der Waals surface area contributed by atoms with Gasteiger partial charge in [0.15, 0.2) is 0 Å². The SMILES string of the molecule is O=C(NCC(c1ccccc1)N1CCCC1)c1cccc(-n2cnnn2)c1. The van der Waals surface area contributed by atoms with Crippen molar-refractivity contribution in [2.24, 2.45) is 0 Å². The van der Waals surface area contributed by atoms with Crippen LogP contribution in [0.15, 0.2) is 60.9 Å². The Morgan fingerprint density at radius 1 is 1.07 bits per heavy atom. The standard InChI is InChI=1S/C20H22N6O/c27-20(17-9-6-10-18(13-17)26-15-22-23-24-26)21-14-19(25-11-4-5-12-25)16-7-2-1-3-8-16/h1-3,6-10,13,15,19H,4-5,11-12,14H2,(H,21,27). The molecule has 0 saturated carbocycles. The smallest absolute Gasteiger partial charge is 0.251 e. The quantitative estimate of drug-likeness (QED) is 0.728. The van der Waals surface area contributed by atoms with Crippen LogP contribution in [0.25, 0.3) is 5.69 Å². The highest BCUT2D eigenvalue weighted by atomic mass is 16.1. The third-order valence-electron chi connectivity index (χ3n) is 4.94. The van der Waals surface area contributed by atoms with Crippen LogP contribution >= 0.6 is 0 Å². The molecule has 1 fully saturated rings. The zero-order valence-electron chi connectivity index (χ0n) is 15.0. The minimum absolute atomic E-state index is 0.0925. The highest BCUT2D eigenvalue weighted by Gasteiger charge is 2.24. The third-order valence-corrected chi connectivity index (χ3v) is 4.94. The van der Waals surface area contributed by atoms with E-state index >= 15 is 0 Å². The number of amides is 1. The highest BCUT2D eigenvalue weighted by molar-refractivity contribution is 5.94. The van der Waals surface area contributed by atoms with Gasteiger partial charge in [-0.15, -0.1) is 5.10 Å². The van der Waals surface area contributed by atoms with E-state index in [-0.39, 0.29) is 11.9 Å². The first-order valence-corrected chi connectivity index (χ1v) is 9.22. The van der Waals surface area contributed by atoms with E-state index in [2.05, 4.69) is 50.0 Å². The zero-order chi connectivity index (χ0) is 18.5. The molecule has 7 nitrogen and oxygen atoms in total. The third kappa shape index (κ3) is 4.03. The van der Waals surface area contributed by atoms with Gasteiger partial charge in [0.05, 0.1) is 11.7 Å². The molecule has 1 aliphatic rings. The second-order valence-electron chi connectivity index (χ2n) is 6.68. The topological polar surface area (TPSA) is 75.9 Å². The van der Waals surface area contributed by atoms with Gasteiger partial charge in [0, 0.05) is 12.1 Å². The van der Waals surface area contributed by atoms with Gasteiger partial charge in [-0.1, -0.05) is 36.4 Å². The number of hydrogen-bond acceptors (Lipinski definition) is 5. The lowest BCUT2D eigenvalue weighted by Gasteiger charge is -2.28. The molecule has 0 aliphatic carbocycles. The van der Waals surface area contributed by atoms with Crippen LogP contribution in [0.4, 0.5) is 0 Å². The average molecular weight is 362 g/mol. The minimum atomic E-state index is -0.0925. The number of nitrogens with zero attached hydrogens (tertiary/aromatic N) is 5. The lowest BCUT2D eigenvalue weighted by molar-refractivity contribution is 0.0938. The van der Waals surface area contributed by atoms with E-state index in [1.54, 1.807) is 12.1 Å². The number of benzene rings is 2. The number of aromatic nitrogens is 4. The molecule has 27 heavy (non-hydrogen) atoms. The molecule has 2 aromatic carbocycles. The second-order valence-corrected chi connectivity index (χ2v) is 6.68. The molecule has 7 heteroatoms. The van der Waals surface area contributed by atoms with E-state index in [1.807, 2.05) is 18.2 Å². The summed E-state index contributed by atoms with van der Waals surface area (Å²) in [5.41, 5.74) is 2.59. The molecule has 3 aromatic rings. The van der Waals surface area contributed by atoms with Crippen molar-refractivity contribution in [3.63, 3.8) is 0 Å². The lowest BCUT2D eigenvalue weighted by Crippen LogP contribution is -2.36. The summed E-state index contributed by atoms with van der Waals surface area (Å²) in [6.45, 7) is 2.73. The van der Waals surface area contributed by atoms with Gasteiger partial charge in [-0.25, -0.2) is 4.68 Å². The number of tetrazole rings is 1. The Morgan fingerprint density at radius 3 is 2.63 bits per heavy atom. The maximum absolute atomic E-state index is 12.7. The van der Waals surface area contributed by atoms with Crippen LogP contribution in [0.5, 0.6) is 0 Å². The molecular weight excluding hydrogens is 340 g/mol. The number of carbonyl (C=O) groups excluding carboxylic acids is 1. The predicted molar refractivity (Wildman–Crippen MR) is 101 cm³/mol. The molecule has 138 valence electrons. The van der Waals surface area contributed by atoms with Gasteiger partial charge in [0.25, 0.3) is 5.91 Å². The fourth-order valence-electron chi connectivity index (χ4n) is 3.55. The van der Waals surface area contributed by atoms with E-state index in [0.717, 1.165) is 18.8 Å². The van der Waals surface area contributed by atoms with Crippen molar-refractivity contribution in [3.8, 4) is 5.69 Å². The summed E-state index contributed by atoms with van der Waals surface area (Å²) < 4.78 is 1.54. The summed E-state index contributed by atoms with van der Waals surface area (Å²) in [5, 5.41) is 14.2. The Morgan fingerprint density at radius 2 is 1.89 bits per heavy atom. The van der Waals surface area contributed by atoms with Gasteiger partial charge in [-0.05, 0) is 60.1 Å². The van der Waals surface area contributed by atoms with Crippen LogP contribution in [0, 0.1) is 0 Å². The van der Waals surface area contributed by atoms with Crippen molar-refractivity contribution >= 4 is 5.91 Å². The molecule has 1 amide bonds. The molecule has 1 N–H and O–H groups in total. The van der Waals surface area contributed by atoms with E-state index in [0.29, 0.717) is 12.1 Å². The molecule has 1 aromatic heterocycles. The predicted octanol–water partition coefficient (Wildman–Crippen LogP) is 2.23. The Labute approximate surface area is 158 Å². The molecule has 0 spiro atoms. The summed E-state index contributed by atoms with van der Waals surface area (Å²) >= 11 is 0. The molecule has 1 aliphatic heterocycles. The maximum atomic E-state index is 12.7. The molecule has 0 radical (unpaired) electrons. The monoisotopic (exact) mass is 362 g/mol. The van der Waals surface area contributed by atoms with E-state index in [1.165, 1.54) is 29.4 Å². The van der Waals surface area contributed by atoms with Crippen LogP contribution < -0.4 is 5.32 Å². The van der Waals surface area contributed by atoms with E-state index in [4.69, 9.17) is 0 Å². The van der Waals surface area contributed by atoms with Crippen LogP contribution in [0.2, 0.25) is 0 Å². The Kier molecular flexibility index (Phi) is 5.20. The lowest BCUT2D eigenvalue weighted by atomic mass is 10.1. The molecule has 1 atom stereocenters. The van der Waals surface area contributed by atoms with Gasteiger partial charge in [0.2, 0.25) is 0 Å².